The molecule has 1 aromatic rings. The number of benzene rings is 1. The molecule has 1 aliphatic heterocycles. The molecule has 2 N–H and O–H groups in total. The highest BCUT2D eigenvalue weighted by molar-refractivity contribution is 5.14. The lowest BCUT2D eigenvalue weighted by molar-refractivity contribution is 0.360. The molecule has 1 aliphatic rings. The van der Waals surface area contributed by atoms with Crippen LogP contribution in [0.1, 0.15) is 18.4 Å². The molecule has 0 saturated carbocycles. The summed E-state index contributed by atoms with van der Waals surface area (Å²) in [6, 6.07) is 10.6. The minimum absolute atomic E-state index is 0.822. The zero-order valence-electron chi connectivity index (χ0n) is 9.21. The third-order valence-corrected chi connectivity index (χ3v) is 3.00. The zero-order chi connectivity index (χ0) is 10.3. The first kappa shape index (κ1) is 10.7. The van der Waals surface area contributed by atoms with Gasteiger partial charge in [-0.15, -0.1) is 0 Å². The molecule has 0 spiro atoms. The lowest BCUT2D eigenvalue weighted by Crippen LogP contribution is -2.35. The molecule has 2 heteroatoms. The second kappa shape index (κ2) is 5.89. The number of hydrogen-bond donors (Lipinski definition) is 2. The van der Waals surface area contributed by atoms with Gasteiger partial charge < -0.3 is 10.6 Å². The summed E-state index contributed by atoms with van der Waals surface area (Å²) >= 11 is 0. The number of hydrogen-bond acceptors (Lipinski definition) is 2. The smallest absolute Gasteiger partial charge is 0.0205 e. The lowest BCUT2D eigenvalue weighted by atomic mass is 10.00. The van der Waals surface area contributed by atoms with E-state index in [-0.39, 0.29) is 0 Å². The van der Waals surface area contributed by atoms with E-state index in [9.17, 15) is 0 Å². The molecule has 1 unspecified atom stereocenters. The molecule has 1 saturated heterocycles. The molecule has 1 aromatic carbocycles. The normalized spacial score (nSPS) is 21.5. The summed E-state index contributed by atoms with van der Waals surface area (Å²) in [7, 11) is 0. The van der Waals surface area contributed by atoms with Crippen LogP contribution >= 0.6 is 0 Å². The van der Waals surface area contributed by atoms with Gasteiger partial charge in [0.15, 0.2) is 0 Å². The second-order valence-electron chi connectivity index (χ2n) is 4.33. The molecule has 0 amide bonds. The first-order chi connectivity index (χ1) is 7.45. The predicted molar refractivity (Wildman–Crippen MR) is 63.7 cm³/mol. The third-order valence-electron chi connectivity index (χ3n) is 3.00. The van der Waals surface area contributed by atoms with Gasteiger partial charge in [-0.3, -0.25) is 0 Å². The van der Waals surface area contributed by atoms with E-state index in [1.807, 2.05) is 0 Å². The number of rotatable bonds is 4. The van der Waals surface area contributed by atoms with Crippen molar-refractivity contribution in [3.05, 3.63) is 35.9 Å². The van der Waals surface area contributed by atoms with Gasteiger partial charge >= 0.3 is 0 Å². The Bertz CT molecular complexity index is 265. The Kier molecular flexibility index (Phi) is 4.18. The van der Waals surface area contributed by atoms with Crippen molar-refractivity contribution in [1.29, 1.82) is 0 Å². The summed E-state index contributed by atoms with van der Waals surface area (Å²) in [4.78, 5) is 0. The van der Waals surface area contributed by atoms with Crippen molar-refractivity contribution in [2.24, 2.45) is 5.92 Å². The molecule has 0 radical (unpaired) electrons. The highest BCUT2D eigenvalue weighted by Crippen LogP contribution is 2.08. The fourth-order valence-corrected chi connectivity index (χ4v) is 2.11. The second-order valence-corrected chi connectivity index (χ2v) is 4.33. The maximum Gasteiger partial charge on any atom is 0.0205 e. The third kappa shape index (κ3) is 3.65. The summed E-state index contributed by atoms with van der Waals surface area (Å²) in [6.45, 7) is 4.52. The summed E-state index contributed by atoms with van der Waals surface area (Å²) in [5.74, 6) is 0.822. The average Bonchev–Trinajstić information content (AvgIpc) is 2.32. The van der Waals surface area contributed by atoms with Crippen LogP contribution in [0.2, 0.25) is 0 Å². The van der Waals surface area contributed by atoms with Gasteiger partial charge in [0, 0.05) is 6.54 Å². The number of nitrogens with one attached hydrogen (secondary N) is 2. The number of piperidine rings is 1. The van der Waals surface area contributed by atoms with Crippen molar-refractivity contribution >= 4 is 0 Å². The van der Waals surface area contributed by atoms with Crippen LogP contribution in [0.15, 0.2) is 30.3 Å². The van der Waals surface area contributed by atoms with Crippen molar-refractivity contribution in [1.82, 2.24) is 10.6 Å². The highest BCUT2D eigenvalue weighted by Gasteiger charge is 2.11. The quantitative estimate of drug-likeness (QED) is 0.781. The molecule has 1 heterocycles. The van der Waals surface area contributed by atoms with Crippen molar-refractivity contribution in [3.63, 3.8) is 0 Å². The van der Waals surface area contributed by atoms with Gasteiger partial charge in [-0.1, -0.05) is 30.3 Å². The Morgan fingerprint density at radius 3 is 2.87 bits per heavy atom. The van der Waals surface area contributed by atoms with Crippen molar-refractivity contribution in [2.45, 2.75) is 19.4 Å². The molecule has 1 fully saturated rings. The molecule has 0 bridgehead atoms. The van der Waals surface area contributed by atoms with Crippen LogP contribution in [0.4, 0.5) is 0 Å². The van der Waals surface area contributed by atoms with Gasteiger partial charge in [-0.2, -0.15) is 0 Å². The Morgan fingerprint density at radius 2 is 2.13 bits per heavy atom. The van der Waals surface area contributed by atoms with E-state index >= 15 is 0 Å². The monoisotopic (exact) mass is 204 g/mol. The van der Waals surface area contributed by atoms with E-state index in [1.54, 1.807) is 0 Å². The zero-order valence-corrected chi connectivity index (χ0v) is 9.21. The largest absolute Gasteiger partial charge is 0.316 e. The molecule has 0 aromatic heterocycles. The van der Waals surface area contributed by atoms with Crippen molar-refractivity contribution < 1.29 is 0 Å². The van der Waals surface area contributed by atoms with E-state index in [4.69, 9.17) is 0 Å². The Morgan fingerprint density at radius 1 is 1.27 bits per heavy atom. The summed E-state index contributed by atoms with van der Waals surface area (Å²) in [5.41, 5.74) is 1.38. The Hall–Kier alpha value is -0.860. The maximum atomic E-state index is 3.53. The molecule has 82 valence electrons. The van der Waals surface area contributed by atoms with Gasteiger partial charge in [0.05, 0.1) is 0 Å². The van der Waals surface area contributed by atoms with Gasteiger partial charge in [0.25, 0.3) is 0 Å². The Balaban J connectivity index is 1.66. The van der Waals surface area contributed by atoms with E-state index < -0.39 is 0 Å². The van der Waals surface area contributed by atoms with Gasteiger partial charge in [-0.05, 0) is 44.0 Å². The minimum atomic E-state index is 0.822. The predicted octanol–water partition coefficient (Wildman–Crippen LogP) is 1.78. The maximum absolute atomic E-state index is 3.53. The van der Waals surface area contributed by atoms with Crippen LogP contribution < -0.4 is 10.6 Å². The van der Waals surface area contributed by atoms with E-state index in [0.29, 0.717) is 0 Å². The van der Waals surface area contributed by atoms with Crippen LogP contribution in [-0.2, 0) is 6.54 Å². The van der Waals surface area contributed by atoms with Crippen LogP contribution in [0.3, 0.4) is 0 Å². The lowest BCUT2D eigenvalue weighted by Gasteiger charge is -2.22. The first-order valence-electron chi connectivity index (χ1n) is 5.90. The van der Waals surface area contributed by atoms with Crippen LogP contribution in [0.5, 0.6) is 0 Å². The topological polar surface area (TPSA) is 24.1 Å². The van der Waals surface area contributed by atoms with Gasteiger partial charge in [0.1, 0.15) is 0 Å². The fourth-order valence-electron chi connectivity index (χ4n) is 2.11. The highest BCUT2D eigenvalue weighted by atomic mass is 14.9. The summed E-state index contributed by atoms with van der Waals surface area (Å²) in [5, 5.41) is 6.97. The standard InChI is InChI=1S/C13H20N2/c1-2-5-12(6-3-1)9-15-11-13-7-4-8-14-10-13/h1-3,5-6,13-15H,4,7-11H2. The van der Waals surface area contributed by atoms with E-state index in [0.717, 1.165) is 19.0 Å². The summed E-state index contributed by atoms with van der Waals surface area (Å²) in [6.07, 6.45) is 2.70. The minimum Gasteiger partial charge on any atom is -0.316 e. The van der Waals surface area contributed by atoms with Crippen LogP contribution in [0, 0.1) is 5.92 Å². The van der Waals surface area contributed by atoms with Crippen molar-refractivity contribution in [2.75, 3.05) is 19.6 Å². The molecule has 1 atom stereocenters. The molecule has 2 rings (SSSR count). The van der Waals surface area contributed by atoms with Gasteiger partial charge in [-0.25, -0.2) is 0 Å². The molecule has 2 nitrogen and oxygen atoms in total. The average molecular weight is 204 g/mol. The molecule has 15 heavy (non-hydrogen) atoms. The van der Waals surface area contributed by atoms with Crippen molar-refractivity contribution in [3.8, 4) is 0 Å². The molecular weight excluding hydrogens is 184 g/mol. The molecular formula is C13H20N2. The van der Waals surface area contributed by atoms with E-state index in [1.165, 1.54) is 31.5 Å². The van der Waals surface area contributed by atoms with Gasteiger partial charge in [0.2, 0.25) is 0 Å². The first-order valence-corrected chi connectivity index (χ1v) is 5.90. The van der Waals surface area contributed by atoms with E-state index in [2.05, 4.69) is 41.0 Å². The summed E-state index contributed by atoms with van der Waals surface area (Å²) < 4.78 is 0. The van der Waals surface area contributed by atoms with Crippen LogP contribution in [0.25, 0.3) is 0 Å². The molecule has 0 aliphatic carbocycles. The Labute approximate surface area is 92.1 Å². The SMILES string of the molecule is c1ccc(CNCC2CCCNC2)cc1. The van der Waals surface area contributed by atoms with Crippen LogP contribution in [-0.4, -0.2) is 19.6 Å². The fraction of sp³-hybridized carbons (Fsp3) is 0.538.